The van der Waals surface area contributed by atoms with Crippen LogP contribution in [0.25, 0.3) is 0 Å². The van der Waals surface area contributed by atoms with Crippen molar-refractivity contribution in [3.8, 4) is 5.75 Å². The molecule has 1 atom stereocenters. The standard InChI is InChI=1S/C9H6F7NO.ClH/c10-5-3-4(7(17)8(11,12)13)1-2-6(5)18-9(14,15)16;/h1-3,7H,17H2;1H. The number of halogens is 8. The average molecular weight is 314 g/mol. The molecule has 2 nitrogen and oxygen atoms in total. The van der Waals surface area contributed by atoms with Gasteiger partial charge in [0.25, 0.3) is 0 Å². The summed E-state index contributed by atoms with van der Waals surface area (Å²) in [7, 11) is 0. The zero-order chi connectivity index (χ0) is 14.1. The van der Waals surface area contributed by atoms with Crippen molar-refractivity contribution in [1.29, 1.82) is 0 Å². The predicted octanol–water partition coefficient (Wildman–Crippen LogP) is 3.71. The largest absolute Gasteiger partial charge is 0.573 e. The van der Waals surface area contributed by atoms with Crippen LogP contribution in [-0.4, -0.2) is 12.5 Å². The van der Waals surface area contributed by atoms with Gasteiger partial charge in [0.2, 0.25) is 0 Å². The second-order valence-corrected chi connectivity index (χ2v) is 3.26. The van der Waals surface area contributed by atoms with E-state index in [4.69, 9.17) is 5.73 Å². The zero-order valence-electron chi connectivity index (χ0n) is 8.85. The van der Waals surface area contributed by atoms with Crippen LogP contribution in [0.1, 0.15) is 11.6 Å². The van der Waals surface area contributed by atoms with Crippen LogP contribution in [0.3, 0.4) is 0 Å². The molecule has 0 saturated heterocycles. The maximum atomic E-state index is 13.1. The predicted molar refractivity (Wildman–Crippen MR) is 53.3 cm³/mol. The van der Waals surface area contributed by atoms with Crippen LogP contribution in [0.5, 0.6) is 5.75 Å². The Morgan fingerprint density at radius 1 is 1.05 bits per heavy atom. The fourth-order valence-corrected chi connectivity index (χ4v) is 1.11. The third kappa shape index (κ3) is 5.11. The quantitative estimate of drug-likeness (QED) is 0.845. The number of hydrogen-bond donors (Lipinski definition) is 1. The molecule has 1 unspecified atom stereocenters. The monoisotopic (exact) mass is 313 g/mol. The van der Waals surface area contributed by atoms with E-state index in [0.717, 1.165) is 0 Å². The van der Waals surface area contributed by atoms with Crippen molar-refractivity contribution in [2.45, 2.75) is 18.6 Å². The maximum absolute atomic E-state index is 13.1. The van der Waals surface area contributed by atoms with Crippen LogP contribution in [0.4, 0.5) is 30.7 Å². The number of rotatable bonds is 2. The number of ether oxygens (including phenoxy) is 1. The molecule has 110 valence electrons. The first kappa shape index (κ1) is 17.8. The second kappa shape index (κ2) is 5.83. The Kier molecular flexibility index (Phi) is 5.45. The maximum Gasteiger partial charge on any atom is 0.573 e. The van der Waals surface area contributed by atoms with Gasteiger partial charge >= 0.3 is 12.5 Å². The number of benzene rings is 1. The van der Waals surface area contributed by atoms with Crippen LogP contribution >= 0.6 is 12.4 Å². The van der Waals surface area contributed by atoms with Crippen LogP contribution in [-0.2, 0) is 0 Å². The van der Waals surface area contributed by atoms with E-state index in [9.17, 15) is 30.7 Å². The summed E-state index contributed by atoms with van der Waals surface area (Å²) in [5.41, 5.74) is 4.06. The molecular weight excluding hydrogens is 307 g/mol. The summed E-state index contributed by atoms with van der Waals surface area (Å²) in [5.74, 6) is -2.80. The minimum atomic E-state index is -5.13. The molecule has 0 aliphatic carbocycles. The summed E-state index contributed by atoms with van der Waals surface area (Å²) in [6.45, 7) is 0. The number of nitrogens with two attached hydrogens (primary N) is 1. The van der Waals surface area contributed by atoms with Gasteiger partial charge in [-0.1, -0.05) is 6.07 Å². The molecule has 0 heterocycles. The summed E-state index contributed by atoms with van der Waals surface area (Å²) >= 11 is 0. The molecule has 0 amide bonds. The van der Waals surface area contributed by atoms with Crippen LogP contribution in [0.2, 0.25) is 0 Å². The molecule has 2 N–H and O–H groups in total. The summed E-state index contributed by atoms with van der Waals surface area (Å²) in [5, 5.41) is 0. The Bertz CT molecular complexity index is 432. The lowest BCUT2D eigenvalue weighted by Crippen LogP contribution is -2.28. The van der Waals surface area contributed by atoms with Gasteiger partial charge in [-0.05, 0) is 17.7 Å². The molecule has 0 radical (unpaired) electrons. The van der Waals surface area contributed by atoms with Crippen molar-refractivity contribution in [3.63, 3.8) is 0 Å². The number of hydrogen-bond acceptors (Lipinski definition) is 2. The van der Waals surface area contributed by atoms with E-state index < -0.39 is 35.7 Å². The molecule has 1 aromatic rings. The van der Waals surface area contributed by atoms with Gasteiger partial charge in [0.15, 0.2) is 11.6 Å². The second-order valence-electron chi connectivity index (χ2n) is 3.26. The normalized spacial score (nSPS) is 13.7. The molecule has 0 aliphatic heterocycles. The molecular formula is C9H7ClF7NO. The van der Waals surface area contributed by atoms with Crippen molar-refractivity contribution in [3.05, 3.63) is 29.6 Å². The molecule has 0 aliphatic rings. The highest BCUT2D eigenvalue weighted by atomic mass is 35.5. The molecule has 0 bridgehead atoms. The van der Waals surface area contributed by atoms with E-state index in [0.29, 0.717) is 12.1 Å². The first-order valence-corrected chi connectivity index (χ1v) is 4.38. The lowest BCUT2D eigenvalue weighted by molar-refractivity contribution is -0.275. The topological polar surface area (TPSA) is 35.2 Å². The van der Waals surface area contributed by atoms with Crippen molar-refractivity contribution in [2.24, 2.45) is 5.73 Å². The van der Waals surface area contributed by atoms with Gasteiger partial charge in [-0.15, -0.1) is 25.6 Å². The van der Waals surface area contributed by atoms with Gasteiger partial charge in [-0.3, -0.25) is 0 Å². The van der Waals surface area contributed by atoms with Gasteiger partial charge in [-0.2, -0.15) is 13.2 Å². The fraction of sp³-hybridized carbons (Fsp3) is 0.333. The fourth-order valence-electron chi connectivity index (χ4n) is 1.11. The molecule has 1 rings (SSSR count). The van der Waals surface area contributed by atoms with E-state index in [1.807, 2.05) is 0 Å². The zero-order valence-corrected chi connectivity index (χ0v) is 9.67. The third-order valence-corrected chi connectivity index (χ3v) is 1.89. The molecule has 0 spiro atoms. The smallest absolute Gasteiger partial charge is 0.403 e. The minimum absolute atomic E-state index is 0. The highest BCUT2D eigenvalue weighted by molar-refractivity contribution is 5.85. The van der Waals surface area contributed by atoms with Crippen molar-refractivity contribution < 1.29 is 35.5 Å². The summed E-state index contributed by atoms with van der Waals surface area (Å²) in [6, 6.07) is -1.18. The molecule has 10 heteroatoms. The molecule has 19 heavy (non-hydrogen) atoms. The van der Waals surface area contributed by atoms with Crippen molar-refractivity contribution >= 4 is 12.4 Å². The van der Waals surface area contributed by atoms with Gasteiger partial charge in [0.05, 0.1) is 0 Å². The van der Waals surface area contributed by atoms with Gasteiger partial charge in [0, 0.05) is 0 Å². The Morgan fingerprint density at radius 3 is 1.95 bits per heavy atom. The van der Waals surface area contributed by atoms with E-state index >= 15 is 0 Å². The third-order valence-electron chi connectivity index (χ3n) is 1.89. The Hall–Kier alpha value is -1.22. The van der Waals surface area contributed by atoms with Gasteiger partial charge < -0.3 is 10.5 Å². The SMILES string of the molecule is Cl.NC(c1ccc(OC(F)(F)F)c(F)c1)C(F)(F)F. The molecule has 0 aromatic heterocycles. The molecule has 0 saturated carbocycles. The van der Waals surface area contributed by atoms with Crippen molar-refractivity contribution in [1.82, 2.24) is 0 Å². The summed E-state index contributed by atoms with van der Waals surface area (Å²) < 4.78 is 88.2. The summed E-state index contributed by atoms with van der Waals surface area (Å²) in [4.78, 5) is 0. The Morgan fingerprint density at radius 2 is 1.58 bits per heavy atom. The van der Waals surface area contributed by atoms with Crippen molar-refractivity contribution in [2.75, 3.05) is 0 Å². The van der Waals surface area contributed by atoms with Gasteiger partial charge in [0.1, 0.15) is 6.04 Å². The van der Waals surface area contributed by atoms with Crippen LogP contribution in [0, 0.1) is 5.82 Å². The first-order valence-electron chi connectivity index (χ1n) is 4.38. The molecule has 0 fully saturated rings. The average Bonchev–Trinajstić information content (AvgIpc) is 2.16. The van der Waals surface area contributed by atoms with E-state index in [2.05, 4.69) is 4.74 Å². The van der Waals surface area contributed by atoms with E-state index in [1.165, 1.54) is 0 Å². The number of alkyl halides is 6. The van der Waals surface area contributed by atoms with Crippen LogP contribution < -0.4 is 10.5 Å². The van der Waals surface area contributed by atoms with Crippen LogP contribution in [0.15, 0.2) is 18.2 Å². The lowest BCUT2D eigenvalue weighted by atomic mass is 10.1. The Balaban J connectivity index is 0.00000324. The minimum Gasteiger partial charge on any atom is -0.403 e. The highest BCUT2D eigenvalue weighted by Gasteiger charge is 2.38. The van der Waals surface area contributed by atoms with E-state index in [1.54, 1.807) is 0 Å². The lowest BCUT2D eigenvalue weighted by Gasteiger charge is -2.17. The van der Waals surface area contributed by atoms with E-state index in [-0.39, 0.29) is 18.5 Å². The van der Waals surface area contributed by atoms with Gasteiger partial charge in [-0.25, -0.2) is 4.39 Å². The molecule has 1 aromatic carbocycles. The summed E-state index contributed by atoms with van der Waals surface area (Å²) in [6.07, 6.45) is -9.95. The highest BCUT2D eigenvalue weighted by Crippen LogP contribution is 2.33. The first-order chi connectivity index (χ1) is 8.00. The Labute approximate surface area is 108 Å².